The number of ether oxygens (including phenoxy) is 1. The fraction of sp³-hybridized carbons (Fsp3) is 0.467. The predicted molar refractivity (Wildman–Crippen MR) is 92.1 cm³/mol. The number of hydrogen-bond acceptors (Lipinski definition) is 3. The molecule has 0 atom stereocenters. The number of halogens is 2. The SMILES string of the molecule is CCCOc1c(Br)cc(Br)cc1C=C(CC(C)C)[N+](=O)[O-]. The van der Waals surface area contributed by atoms with Crippen molar-refractivity contribution in [2.24, 2.45) is 5.92 Å². The first-order chi connectivity index (χ1) is 9.85. The van der Waals surface area contributed by atoms with Crippen LogP contribution < -0.4 is 4.74 Å². The molecule has 116 valence electrons. The first-order valence-electron chi connectivity index (χ1n) is 6.82. The second kappa shape index (κ2) is 8.54. The lowest BCUT2D eigenvalue weighted by molar-refractivity contribution is -0.427. The van der Waals surface area contributed by atoms with E-state index >= 15 is 0 Å². The van der Waals surface area contributed by atoms with Crippen LogP contribution in [0.3, 0.4) is 0 Å². The molecule has 21 heavy (non-hydrogen) atoms. The molecule has 4 nitrogen and oxygen atoms in total. The molecule has 0 aliphatic rings. The Labute approximate surface area is 142 Å². The lowest BCUT2D eigenvalue weighted by Gasteiger charge is -2.12. The van der Waals surface area contributed by atoms with E-state index in [-0.39, 0.29) is 16.5 Å². The molecule has 0 aliphatic heterocycles. The number of allylic oxidation sites excluding steroid dienone is 1. The lowest BCUT2D eigenvalue weighted by atomic mass is 10.1. The van der Waals surface area contributed by atoms with Crippen molar-refractivity contribution in [1.29, 1.82) is 0 Å². The first kappa shape index (κ1) is 18.2. The van der Waals surface area contributed by atoms with Crippen LogP contribution in [0.25, 0.3) is 6.08 Å². The third-order valence-corrected chi connectivity index (χ3v) is 3.71. The van der Waals surface area contributed by atoms with Crippen molar-refractivity contribution < 1.29 is 9.66 Å². The van der Waals surface area contributed by atoms with Crippen LogP contribution in [-0.4, -0.2) is 11.5 Å². The maximum absolute atomic E-state index is 11.2. The van der Waals surface area contributed by atoms with Gasteiger partial charge in [0.05, 0.1) is 16.0 Å². The van der Waals surface area contributed by atoms with Crippen molar-refractivity contribution in [3.8, 4) is 5.75 Å². The summed E-state index contributed by atoms with van der Waals surface area (Å²) in [6.07, 6.45) is 2.89. The Morgan fingerprint density at radius 1 is 1.43 bits per heavy atom. The van der Waals surface area contributed by atoms with E-state index < -0.39 is 0 Å². The topological polar surface area (TPSA) is 52.4 Å². The summed E-state index contributed by atoms with van der Waals surface area (Å²) in [6, 6.07) is 3.70. The van der Waals surface area contributed by atoms with Gasteiger partial charge in [0.15, 0.2) is 0 Å². The predicted octanol–water partition coefficient (Wildman–Crippen LogP) is 5.66. The molecule has 0 amide bonds. The fourth-order valence-electron chi connectivity index (χ4n) is 1.83. The van der Waals surface area contributed by atoms with E-state index in [0.717, 1.165) is 15.4 Å². The number of hydrogen-bond donors (Lipinski definition) is 0. The van der Waals surface area contributed by atoms with Gasteiger partial charge in [-0.1, -0.05) is 36.7 Å². The average molecular weight is 421 g/mol. The third kappa shape index (κ3) is 5.79. The van der Waals surface area contributed by atoms with Crippen molar-refractivity contribution in [3.63, 3.8) is 0 Å². The van der Waals surface area contributed by atoms with Crippen LogP contribution in [-0.2, 0) is 0 Å². The van der Waals surface area contributed by atoms with Gasteiger partial charge in [0.1, 0.15) is 5.75 Å². The zero-order chi connectivity index (χ0) is 16.0. The number of nitro groups is 1. The molecule has 0 fully saturated rings. The van der Waals surface area contributed by atoms with E-state index in [0.29, 0.717) is 24.3 Å². The van der Waals surface area contributed by atoms with E-state index in [9.17, 15) is 10.1 Å². The highest BCUT2D eigenvalue weighted by Crippen LogP contribution is 2.35. The van der Waals surface area contributed by atoms with E-state index in [4.69, 9.17) is 4.74 Å². The van der Waals surface area contributed by atoms with Crippen LogP contribution in [0.2, 0.25) is 0 Å². The standard InChI is InChI=1S/C15H19Br2NO3/c1-4-5-21-15-11(7-12(16)9-14(15)17)8-13(18(19)20)6-10(2)3/h7-10H,4-6H2,1-3H3. The summed E-state index contributed by atoms with van der Waals surface area (Å²) >= 11 is 6.86. The van der Waals surface area contributed by atoms with Crippen molar-refractivity contribution in [2.75, 3.05) is 6.61 Å². The molecule has 1 rings (SSSR count). The molecule has 0 aliphatic carbocycles. The number of nitrogens with zero attached hydrogens (tertiary/aromatic N) is 1. The highest BCUT2D eigenvalue weighted by molar-refractivity contribution is 9.11. The molecule has 0 saturated heterocycles. The van der Waals surface area contributed by atoms with Crippen LogP contribution in [0.4, 0.5) is 0 Å². The van der Waals surface area contributed by atoms with Gasteiger partial charge in [-0.25, -0.2) is 0 Å². The molecule has 1 aromatic carbocycles. The zero-order valence-corrected chi connectivity index (χ0v) is 15.5. The Bertz CT molecular complexity index is 542. The fourth-order valence-corrected chi connectivity index (χ4v) is 3.20. The van der Waals surface area contributed by atoms with Crippen LogP contribution >= 0.6 is 31.9 Å². The van der Waals surface area contributed by atoms with Crippen molar-refractivity contribution >= 4 is 37.9 Å². The summed E-state index contributed by atoms with van der Waals surface area (Å²) in [5, 5.41) is 11.2. The molecule has 0 heterocycles. The smallest absolute Gasteiger partial charge is 0.247 e. The minimum Gasteiger partial charge on any atom is -0.492 e. The van der Waals surface area contributed by atoms with Crippen molar-refractivity contribution in [2.45, 2.75) is 33.6 Å². The van der Waals surface area contributed by atoms with Gasteiger partial charge >= 0.3 is 0 Å². The van der Waals surface area contributed by atoms with Crippen LogP contribution in [0, 0.1) is 16.0 Å². The molecule has 0 radical (unpaired) electrons. The highest BCUT2D eigenvalue weighted by Gasteiger charge is 2.16. The largest absolute Gasteiger partial charge is 0.492 e. The quantitative estimate of drug-likeness (QED) is 0.422. The minimum atomic E-state index is -0.321. The third-order valence-electron chi connectivity index (χ3n) is 2.66. The Kier molecular flexibility index (Phi) is 7.39. The van der Waals surface area contributed by atoms with Gasteiger partial charge in [-0.15, -0.1) is 0 Å². The molecule has 0 bridgehead atoms. The van der Waals surface area contributed by atoms with Crippen molar-refractivity contribution in [1.82, 2.24) is 0 Å². The van der Waals surface area contributed by atoms with Gasteiger partial charge in [-0.2, -0.15) is 0 Å². The molecule has 0 saturated carbocycles. The van der Waals surface area contributed by atoms with Crippen LogP contribution in [0.1, 0.15) is 39.2 Å². The Balaban J connectivity index is 3.28. The van der Waals surface area contributed by atoms with Gasteiger partial charge < -0.3 is 4.74 Å². The van der Waals surface area contributed by atoms with E-state index in [1.807, 2.05) is 32.9 Å². The van der Waals surface area contributed by atoms with Gasteiger partial charge in [0.2, 0.25) is 5.70 Å². The molecule has 0 unspecified atom stereocenters. The second-order valence-corrected chi connectivity index (χ2v) is 6.92. The normalized spacial score (nSPS) is 11.8. The molecule has 0 aromatic heterocycles. The van der Waals surface area contributed by atoms with E-state index in [1.54, 1.807) is 6.08 Å². The zero-order valence-electron chi connectivity index (χ0n) is 12.4. The van der Waals surface area contributed by atoms with E-state index in [2.05, 4.69) is 31.9 Å². The molecule has 6 heteroatoms. The monoisotopic (exact) mass is 419 g/mol. The summed E-state index contributed by atoms with van der Waals surface area (Å²) in [5.41, 5.74) is 0.897. The molecule has 0 N–H and O–H groups in total. The van der Waals surface area contributed by atoms with Gasteiger partial charge in [-0.3, -0.25) is 10.1 Å². The van der Waals surface area contributed by atoms with Crippen molar-refractivity contribution in [3.05, 3.63) is 42.5 Å². The van der Waals surface area contributed by atoms with Gasteiger partial charge in [0, 0.05) is 22.5 Å². The second-order valence-electron chi connectivity index (χ2n) is 5.15. The first-order valence-corrected chi connectivity index (χ1v) is 8.40. The summed E-state index contributed by atoms with van der Waals surface area (Å²) in [6.45, 7) is 6.51. The number of benzene rings is 1. The minimum absolute atomic E-state index is 0.191. The Hall–Kier alpha value is -0.880. The highest BCUT2D eigenvalue weighted by atomic mass is 79.9. The Morgan fingerprint density at radius 3 is 2.62 bits per heavy atom. The molecule has 0 spiro atoms. The summed E-state index contributed by atoms with van der Waals surface area (Å²) < 4.78 is 7.35. The lowest BCUT2D eigenvalue weighted by Crippen LogP contribution is -2.04. The van der Waals surface area contributed by atoms with Gasteiger partial charge in [-0.05, 0) is 40.4 Å². The van der Waals surface area contributed by atoms with Crippen LogP contribution in [0.5, 0.6) is 5.75 Å². The molecular formula is C15H19Br2NO3. The van der Waals surface area contributed by atoms with E-state index in [1.165, 1.54) is 0 Å². The molecular weight excluding hydrogens is 402 g/mol. The average Bonchev–Trinajstić information content (AvgIpc) is 2.36. The number of rotatable bonds is 7. The maximum atomic E-state index is 11.2. The summed E-state index contributed by atoms with van der Waals surface area (Å²) in [7, 11) is 0. The van der Waals surface area contributed by atoms with Crippen LogP contribution in [0.15, 0.2) is 26.8 Å². The summed E-state index contributed by atoms with van der Waals surface area (Å²) in [5.74, 6) is 0.861. The summed E-state index contributed by atoms with van der Waals surface area (Å²) in [4.78, 5) is 10.9. The molecule has 1 aromatic rings. The Morgan fingerprint density at radius 2 is 2.10 bits per heavy atom. The maximum Gasteiger partial charge on any atom is 0.247 e. The van der Waals surface area contributed by atoms with Gasteiger partial charge in [0.25, 0.3) is 0 Å².